The highest BCUT2D eigenvalue weighted by atomic mass is 16.7. The Hall–Kier alpha value is -1.97. The number of quaternary nitrogens is 1. The average Bonchev–Trinajstić information content (AvgIpc) is 3.27. The van der Waals surface area contributed by atoms with Gasteiger partial charge in [-0.2, -0.15) is 0 Å². The van der Waals surface area contributed by atoms with Gasteiger partial charge < -0.3 is 33.3 Å². The molecule has 0 fully saturated rings. The molecule has 0 saturated carbocycles. The van der Waals surface area contributed by atoms with Gasteiger partial charge in [0.05, 0.1) is 40.3 Å². The van der Waals surface area contributed by atoms with E-state index in [1.54, 1.807) is 0 Å². The zero-order chi connectivity index (χ0) is 47.7. The van der Waals surface area contributed by atoms with Crippen LogP contribution in [0.5, 0.6) is 0 Å². The van der Waals surface area contributed by atoms with E-state index in [2.05, 4.69) is 26.0 Å². The molecule has 65 heavy (non-hydrogen) atoms. The van der Waals surface area contributed by atoms with Crippen molar-refractivity contribution in [2.45, 2.75) is 283 Å². The molecule has 0 aliphatic carbocycles. The molecule has 0 amide bonds. The number of likely N-dealkylation sites (N-methyl/N-ethyl adjacent to an activating group) is 1. The molecular formula is C56H107NO8. The molecule has 9 nitrogen and oxygen atoms in total. The molecule has 0 aromatic rings. The molecule has 0 aliphatic heterocycles. The van der Waals surface area contributed by atoms with Crippen molar-refractivity contribution in [3.63, 3.8) is 0 Å². The fraction of sp³-hybridized carbons (Fsp3) is 0.911. The molecule has 0 bridgehead atoms. The molecule has 0 saturated heterocycles. The third kappa shape index (κ3) is 49.8. The number of hydrogen-bond acceptors (Lipinski definition) is 8. The van der Waals surface area contributed by atoms with Gasteiger partial charge in [-0.15, -0.1) is 0 Å². The summed E-state index contributed by atoms with van der Waals surface area (Å²) in [6.07, 6.45) is 51.2. The van der Waals surface area contributed by atoms with Crippen LogP contribution in [0, 0.1) is 0 Å². The summed E-state index contributed by atoms with van der Waals surface area (Å²) in [4.78, 5) is 37.2. The van der Waals surface area contributed by atoms with Crippen LogP contribution in [0.2, 0.25) is 0 Å². The maximum Gasteiger partial charge on any atom is 0.306 e. The van der Waals surface area contributed by atoms with Crippen LogP contribution < -0.4 is 5.11 Å². The van der Waals surface area contributed by atoms with E-state index in [1.165, 1.54) is 186 Å². The second-order valence-corrected chi connectivity index (χ2v) is 20.2. The minimum Gasteiger partial charge on any atom is -0.545 e. The summed E-state index contributed by atoms with van der Waals surface area (Å²) in [6, 6.07) is 0. The number of hydrogen-bond donors (Lipinski definition) is 0. The standard InChI is InChI=1S/C56H107NO8/c1-6-8-10-12-14-16-18-20-22-23-24-25-26-27-28-29-30-31-33-34-36-38-40-42-44-46-53(58)63-50-52(51-64-56(55(60)61)62-49-48-57(3,4)5)65-54(59)47-45-43-41-39-37-35-32-21-19-17-15-13-11-9-7-2/h21,32,52,56H,6-20,22-31,33-51H2,1-5H3/b32-21-. The maximum absolute atomic E-state index is 12.8. The lowest BCUT2D eigenvalue weighted by Gasteiger charge is -2.26. The van der Waals surface area contributed by atoms with Gasteiger partial charge in [0.15, 0.2) is 12.4 Å². The van der Waals surface area contributed by atoms with Crippen LogP contribution in [0.15, 0.2) is 12.2 Å². The molecule has 0 radical (unpaired) electrons. The number of nitrogens with zero attached hydrogens (tertiary/aromatic N) is 1. The van der Waals surface area contributed by atoms with Crippen molar-refractivity contribution in [2.24, 2.45) is 0 Å². The molecule has 0 aliphatic rings. The summed E-state index contributed by atoms with van der Waals surface area (Å²) >= 11 is 0. The Kier molecular flexibility index (Phi) is 47.0. The number of aliphatic carboxylic acids is 1. The summed E-state index contributed by atoms with van der Waals surface area (Å²) < 4.78 is 22.7. The molecular weight excluding hydrogens is 815 g/mol. The van der Waals surface area contributed by atoms with E-state index in [-0.39, 0.29) is 32.2 Å². The first kappa shape index (κ1) is 63.0. The first-order valence-electron chi connectivity index (χ1n) is 27.8. The van der Waals surface area contributed by atoms with Crippen LogP contribution in [0.3, 0.4) is 0 Å². The van der Waals surface area contributed by atoms with Gasteiger partial charge in [-0.1, -0.05) is 231 Å². The number of carboxylic acids is 1. The second-order valence-electron chi connectivity index (χ2n) is 20.2. The Morgan fingerprint density at radius 2 is 0.785 bits per heavy atom. The van der Waals surface area contributed by atoms with Gasteiger partial charge in [-0.05, 0) is 38.5 Å². The number of rotatable bonds is 52. The van der Waals surface area contributed by atoms with Gasteiger partial charge in [0, 0.05) is 12.8 Å². The highest BCUT2D eigenvalue weighted by Gasteiger charge is 2.22. The first-order valence-corrected chi connectivity index (χ1v) is 27.8. The third-order valence-corrected chi connectivity index (χ3v) is 12.5. The van der Waals surface area contributed by atoms with Gasteiger partial charge >= 0.3 is 11.9 Å². The maximum atomic E-state index is 12.8. The van der Waals surface area contributed by atoms with Crippen LogP contribution in [-0.4, -0.2) is 82.3 Å². The van der Waals surface area contributed by atoms with E-state index in [9.17, 15) is 19.5 Å². The highest BCUT2D eigenvalue weighted by molar-refractivity contribution is 5.70. The molecule has 0 spiro atoms. The fourth-order valence-electron chi connectivity index (χ4n) is 8.18. The summed E-state index contributed by atoms with van der Waals surface area (Å²) in [7, 11) is 5.92. The second kappa shape index (κ2) is 48.5. The van der Waals surface area contributed by atoms with Gasteiger partial charge in [0.2, 0.25) is 0 Å². The zero-order valence-corrected chi connectivity index (χ0v) is 43.6. The monoisotopic (exact) mass is 922 g/mol. The topological polar surface area (TPSA) is 111 Å². The van der Waals surface area contributed by atoms with Crippen molar-refractivity contribution in [1.29, 1.82) is 0 Å². The Balaban J connectivity index is 4.18. The molecule has 0 aromatic carbocycles. The van der Waals surface area contributed by atoms with E-state index >= 15 is 0 Å². The van der Waals surface area contributed by atoms with Crippen LogP contribution >= 0.6 is 0 Å². The molecule has 0 heterocycles. The quantitative estimate of drug-likeness (QED) is 0.0195. The molecule has 0 N–H and O–H groups in total. The van der Waals surface area contributed by atoms with Gasteiger partial charge in [-0.3, -0.25) is 9.59 Å². The minimum atomic E-state index is -1.62. The number of unbranched alkanes of at least 4 members (excludes halogenated alkanes) is 35. The SMILES string of the molecule is CCCCCCCC/C=C\CCCCCCCC(=O)OC(COC(=O)CCCCCCCCCCCCCCCCCCCCCCCCCCC)COC(OCC[N+](C)(C)C)C(=O)[O-]. The Morgan fingerprint density at radius 3 is 1.14 bits per heavy atom. The summed E-state index contributed by atoms with van der Waals surface area (Å²) in [5.74, 6) is -2.27. The number of carbonyl (C=O) groups is 3. The van der Waals surface area contributed by atoms with Crippen molar-refractivity contribution < 1.29 is 42.9 Å². The van der Waals surface area contributed by atoms with E-state index in [4.69, 9.17) is 18.9 Å². The molecule has 384 valence electrons. The predicted molar refractivity (Wildman–Crippen MR) is 270 cm³/mol. The Labute approximate surface area is 402 Å². The van der Waals surface area contributed by atoms with Crippen LogP contribution in [0.4, 0.5) is 0 Å². The summed E-state index contributed by atoms with van der Waals surface area (Å²) in [5.41, 5.74) is 0. The number of allylic oxidation sites excluding steroid dienone is 2. The van der Waals surface area contributed by atoms with E-state index in [0.717, 1.165) is 51.4 Å². The summed E-state index contributed by atoms with van der Waals surface area (Å²) in [6.45, 7) is 4.78. The largest absolute Gasteiger partial charge is 0.545 e. The normalized spacial score (nSPS) is 12.8. The van der Waals surface area contributed by atoms with Crippen molar-refractivity contribution in [2.75, 3.05) is 47.5 Å². The van der Waals surface area contributed by atoms with Crippen molar-refractivity contribution in [3.8, 4) is 0 Å². The third-order valence-electron chi connectivity index (χ3n) is 12.5. The zero-order valence-electron chi connectivity index (χ0n) is 43.6. The molecule has 0 aromatic heterocycles. The Bertz CT molecular complexity index is 1070. The molecule has 2 unspecified atom stereocenters. The van der Waals surface area contributed by atoms with Crippen LogP contribution in [0.25, 0.3) is 0 Å². The molecule has 0 rings (SSSR count). The van der Waals surface area contributed by atoms with Crippen LogP contribution in [-0.2, 0) is 33.3 Å². The number of ether oxygens (including phenoxy) is 4. The van der Waals surface area contributed by atoms with Crippen LogP contribution in [0.1, 0.15) is 271 Å². The van der Waals surface area contributed by atoms with Gasteiger partial charge in [0.1, 0.15) is 13.2 Å². The van der Waals surface area contributed by atoms with Gasteiger partial charge in [-0.25, -0.2) is 0 Å². The van der Waals surface area contributed by atoms with Crippen molar-refractivity contribution >= 4 is 17.9 Å². The smallest absolute Gasteiger partial charge is 0.306 e. The average molecular weight is 922 g/mol. The number of esters is 2. The van der Waals surface area contributed by atoms with Crippen molar-refractivity contribution in [3.05, 3.63) is 12.2 Å². The van der Waals surface area contributed by atoms with E-state index < -0.39 is 24.3 Å². The molecule has 2 atom stereocenters. The fourth-order valence-corrected chi connectivity index (χ4v) is 8.18. The lowest BCUT2D eigenvalue weighted by molar-refractivity contribution is -0.870. The lowest BCUT2D eigenvalue weighted by atomic mass is 10.0. The van der Waals surface area contributed by atoms with Crippen molar-refractivity contribution in [1.82, 2.24) is 0 Å². The van der Waals surface area contributed by atoms with Gasteiger partial charge in [0.25, 0.3) is 0 Å². The predicted octanol–water partition coefficient (Wildman–Crippen LogP) is 14.5. The summed E-state index contributed by atoms with van der Waals surface area (Å²) in [5, 5.41) is 11.7. The lowest BCUT2D eigenvalue weighted by Crippen LogP contribution is -2.44. The highest BCUT2D eigenvalue weighted by Crippen LogP contribution is 2.17. The number of carboxylic acid groups (broad SMARTS) is 1. The Morgan fingerprint density at radius 1 is 0.446 bits per heavy atom. The molecule has 9 heteroatoms. The van der Waals surface area contributed by atoms with E-state index in [0.29, 0.717) is 23.9 Å². The first-order chi connectivity index (χ1) is 31.6. The van der Waals surface area contributed by atoms with E-state index in [1.807, 2.05) is 21.1 Å². The number of carbonyl (C=O) groups excluding carboxylic acids is 3. The minimum absolute atomic E-state index is 0.149.